The largest absolute Gasteiger partial charge is 0.465 e. The maximum Gasteiger partial charge on any atom is 0.319 e. The molecule has 0 radical (unpaired) electrons. The number of benzene rings is 1. The van der Waals surface area contributed by atoms with Crippen LogP contribution in [0.1, 0.15) is 20.3 Å². The number of fused-ring (bicyclic) bond motifs is 3. The number of thioether (sulfide) groups is 1. The van der Waals surface area contributed by atoms with Crippen molar-refractivity contribution in [2.24, 2.45) is 7.05 Å². The number of hydrogen-bond acceptors (Lipinski definition) is 6. The second-order valence-corrected chi connectivity index (χ2v) is 7.34. The number of halogens is 1. The van der Waals surface area contributed by atoms with E-state index in [4.69, 9.17) is 4.74 Å². The molecule has 3 aromatic rings. The first kappa shape index (κ1) is 17.2. The third-order valence-electron chi connectivity index (χ3n) is 3.71. The monoisotopic (exact) mass is 408 g/mol. The van der Waals surface area contributed by atoms with Crippen molar-refractivity contribution in [1.82, 2.24) is 19.7 Å². The fraction of sp³-hybridized carbons (Fsp3) is 0.375. The zero-order chi connectivity index (χ0) is 17.3. The summed E-state index contributed by atoms with van der Waals surface area (Å²) in [5.74, 6) is -0.241. The van der Waals surface area contributed by atoms with Crippen molar-refractivity contribution in [3.63, 3.8) is 0 Å². The van der Waals surface area contributed by atoms with E-state index in [1.165, 1.54) is 11.8 Å². The molecule has 0 saturated carbocycles. The van der Waals surface area contributed by atoms with Crippen LogP contribution in [0.2, 0.25) is 0 Å². The van der Waals surface area contributed by atoms with Crippen LogP contribution in [0, 0.1) is 0 Å². The second-order valence-electron chi connectivity index (χ2n) is 5.25. The minimum atomic E-state index is -0.326. The molecule has 0 bridgehead atoms. The van der Waals surface area contributed by atoms with Crippen LogP contribution in [0.15, 0.2) is 27.8 Å². The van der Waals surface area contributed by atoms with E-state index in [-0.39, 0.29) is 11.2 Å². The van der Waals surface area contributed by atoms with E-state index in [9.17, 15) is 4.79 Å². The van der Waals surface area contributed by atoms with E-state index >= 15 is 0 Å². The summed E-state index contributed by atoms with van der Waals surface area (Å²) in [4.78, 5) is 16.6. The van der Waals surface area contributed by atoms with Crippen LogP contribution >= 0.6 is 27.7 Å². The van der Waals surface area contributed by atoms with Crippen molar-refractivity contribution in [3.05, 3.63) is 22.7 Å². The van der Waals surface area contributed by atoms with Crippen LogP contribution < -0.4 is 0 Å². The molecule has 126 valence electrons. The Morgan fingerprint density at radius 3 is 2.88 bits per heavy atom. The number of ether oxygens (including phenoxy) is 1. The first-order chi connectivity index (χ1) is 11.5. The fourth-order valence-electron chi connectivity index (χ4n) is 2.53. The lowest BCUT2D eigenvalue weighted by atomic mass is 10.2. The number of nitrogens with zero attached hydrogens (tertiary/aromatic N) is 4. The van der Waals surface area contributed by atoms with Gasteiger partial charge in [-0.1, -0.05) is 34.6 Å². The van der Waals surface area contributed by atoms with Gasteiger partial charge in [0.1, 0.15) is 10.8 Å². The molecular formula is C16H17BrN4O2S. The van der Waals surface area contributed by atoms with Crippen molar-refractivity contribution < 1.29 is 9.53 Å². The quantitative estimate of drug-likeness (QED) is 0.473. The van der Waals surface area contributed by atoms with Gasteiger partial charge in [0, 0.05) is 16.9 Å². The number of esters is 1. The summed E-state index contributed by atoms with van der Waals surface area (Å²) in [6.07, 6.45) is 0.646. The van der Waals surface area contributed by atoms with E-state index in [0.717, 1.165) is 26.5 Å². The second kappa shape index (κ2) is 7.06. The molecule has 1 atom stereocenters. The summed E-state index contributed by atoms with van der Waals surface area (Å²) < 4.78 is 8.06. The Kier molecular flexibility index (Phi) is 5.05. The smallest absolute Gasteiger partial charge is 0.319 e. The number of carbonyl (C=O) groups is 1. The van der Waals surface area contributed by atoms with Crippen LogP contribution in [-0.4, -0.2) is 37.6 Å². The van der Waals surface area contributed by atoms with E-state index < -0.39 is 0 Å². The molecule has 0 saturated heterocycles. The van der Waals surface area contributed by atoms with E-state index in [0.29, 0.717) is 18.2 Å². The molecule has 0 unspecified atom stereocenters. The van der Waals surface area contributed by atoms with Crippen molar-refractivity contribution >= 4 is 55.7 Å². The van der Waals surface area contributed by atoms with Gasteiger partial charge < -0.3 is 9.30 Å². The molecule has 0 aliphatic heterocycles. The van der Waals surface area contributed by atoms with Gasteiger partial charge in [0.2, 0.25) is 5.16 Å². The van der Waals surface area contributed by atoms with Crippen molar-refractivity contribution in [2.75, 3.05) is 6.61 Å². The molecule has 1 aromatic carbocycles. The highest BCUT2D eigenvalue weighted by Gasteiger charge is 2.22. The Morgan fingerprint density at radius 1 is 1.38 bits per heavy atom. The van der Waals surface area contributed by atoms with Crippen molar-refractivity contribution in [2.45, 2.75) is 30.7 Å². The van der Waals surface area contributed by atoms with Crippen LogP contribution in [0.5, 0.6) is 0 Å². The van der Waals surface area contributed by atoms with Crippen LogP contribution in [0.4, 0.5) is 0 Å². The summed E-state index contributed by atoms with van der Waals surface area (Å²) >= 11 is 4.77. The van der Waals surface area contributed by atoms with Crippen LogP contribution in [0.25, 0.3) is 22.1 Å². The Labute approximate surface area is 152 Å². The van der Waals surface area contributed by atoms with E-state index in [1.807, 2.05) is 36.7 Å². The first-order valence-electron chi connectivity index (χ1n) is 7.66. The molecule has 6 nitrogen and oxygen atoms in total. The number of aromatic nitrogens is 4. The van der Waals surface area contributed by atoms with Gasteiger partial charge in [-0.2, -0.15) is 0 Å². The molecule has 2 heterocycles. The maximum absolute atomic E-state index is 12.0. The summed E-state index contributed by atoms with van der Waals surface area (Å²) in [5.41, 5.74) is 2.54. The summed E-state index contributed by atoms with van der Waals surface area (Å²) in [6, 6.07) is 6.01. The lowest BCUT2D eigenvalue weighted by Gasteiger charge is -2.11. The minimum absolute atomic E-state index is 0.241. The topological polar surface area (TPSA) is 69.9 Å². The maximum atomic E-state index is 12.0. The zero-order valence-electron chi connectivity index (χ0n) is 13.6. The lowest BCUT2D eigenvalue weighted by molar-refractivity contribution is -0.142. The predicted molar refractivity (Wildman–Crippen MR) is 98.1 cm³/mol. The fourth-order valence-corrected chi connectivity index (χ4v) is 3.70. The number of rotatable bonds is 5. The molecule has 2 aromatic heterocycles. The zero-order valence-corrected chi connectivity index (χ0v) is 16.0. The summed E-state index contributed by atoms with van der Waals surface area (Å²) in [5, 5.41) is 9.68. The lowest BCUT2D eigenvalue weighted by Crippen LogP contribution is -2.19. The standard InChI is InChI=1S/C16H17BrN4O2S/c1-4-12(15(22)23-5-2)24-16-18-14-13(19-20-16)10-8-9(17)6-7-11(10)21(14)3/h6-8,12H,4-5H2,1-3H3/t12-/m0/s1. The highest BCUT2D eigenvalue weighted by molar-refractivity contribution is 9.10. The van der Waals surface area contributed by atoms with Crippen LogP contribution in [0.3, 0.4) is 0 Å². The number of aryl methyl sites for hydroxylation is 1. The average molecular weight is 409 g/mol. The van der Waals surface area contributed by atoms with E-state index in [1.54, 1.807) is 6.92 Å². The van der Waals surface area contributed by atoms with Gasteiger partial charge in [-0.3, -0.25) is 4.79 Å². The van der Waals surface area contributed by atoms with Gasteiger partial charge >= 0.3 is 5.97 Å². The predicted octanol–water partition coefficient (Wildman–Crippen LogP) is 3.71. The normalized spacial score (nSPS) is 12.7. The summed E-state index contributed by atoms with van der Waals surface area (Å²) in [6.45, 7) is 4.11. The van der Waals surface area contributed by atoms with Gasteiger partial charge in [0.25, 0.3) is 0 Å². The Morgan fingerprint density at radius 2 is 2.17 bits per heavy atom. The highest BCUT2D eigenvalue weighted by atomic mass is 79.9. The van der Waals surface area contributed by atoms with Gasteiger partial charge in [-0.15, -0.1) is 10.2 Å². The first-order valence-corrected chi connectivity index (χ1v) is 9.34. The van der Waals surface area contributed by atoms with Gasteiger partial charge in [-0.25, -0.2) is 4.98 Å². The molecule has 3 rings (SSSR count). The summed E-state index contributed by atoms with van der Waals surface area (Å²) in [7, 11) is 1.95. The Balaban J connectivity index is 2.01. The molecular weight excluding hydrogens is 392 g/mol. The van der Waals surface area contributed by atoms with Crippen molar-refractivity contribution in [3.8, 4) is 0 Å². The molecule has 0 aliphatic carbocycles. The Bertz CT molecular complexity index is 912. The van der Waals surface area contributed by atoms with Gasteiger partial charge in [0.15, 0.2) is 5.65 Å². The molecule has 0 fully saturated rings. The third-order valence-corrected chi connectivity index (χ3v) is 5.40. The molecule has 0 spiro atoms. The molecule has 0 amide bonds. The third kappa shape index (κ3) is 3.12. The van der Waals surface area contributed by atoms with Gasteiger partial charge in [-0.05, 0) is 31.5 Å². The molecule has 0 aliphatic rings. The number of carbonyl (C=O) groups excluding carboxylic acids is 1. The van der Waals surface area contributed by atoms with E-state index in [2.05, 4.69) is 31.1 Å². The highest BCUT2D eigenvalue weighted by Crippen LogP contribution is 2.30. The molecule has 8 heteroatoms. The molecule has 24 heavy (non-hydrogen) atoms. The SMILES string of the molecule is CCOC(=O)[C@H](CC)Sc1nnc2c3cc(Br)ccc3n(C)c2n1. The molecule has 0 N–H and O–H groups in total. The van der Waals surface area contributed by atoms with Gasteiger partial charge in [0.05, 0.1) is 12.1 Å². The average Bonchev–Trinajstić information content (AvgIpc) is 2.84. The van der Waals surface area contributed by atoms with Crippen LogP contribution in [-0.2, 0) is 16.6 Å². The number of hydrogen-bond donors (Lipinski definition) is 0. The Hall–Kier alpha value is -1.67. The minimum Gasteiger partial charge on any atom is -0.465 e. The van der Waals surface area contributed by atoms with Crippen molar-refractivity contribution in [1.29, 1.82) is 0 Å².